The first-order chi connectivity index (χ1) is 5.86. The van der Waals surface area contributed by atoms with Gasteiger partial charge in [0.2, 0.25) is 0 Å². The SMILES string of the molecule is [CH2]C1COC(c2cccnc2)O1. The number of aromatic nitrogens is 1. The summed E-state index contributed by atoms with van der Waals surface area (Å²) >= 11 is 0. The van der Waals surface area contributed by atoms with Gasteiger partial charge in [-0.3, -0.25) is 4.98 Å². The number of hydrogen-bond donors (Lipinski definition) is 0. The van der Waals surface area contributed by atoms with Crippen molar-refractivity contribution in [3.8, 4) is 0 Å². The number of rotatable bonds is 1. The third kappa shape index (κ3) is 1.47. The summed E-state index contributed by atoms with van der Waals surface area (Å²) in [7, 11) is 0. The highest BCUT2D eigenvalue weighted by atomic mass is 16.7. The zero-order valence-corrected chi connectivity index (χ0v) is 6.64. The third-order valence-corrected chi connectivity index (χ3v) is 1.71. The fourth-order valence-corrected chi connectivity index (χ4v) is 1.14. The normalized spacial score (nSPS) is 29.1. The highest BCUT2D eigenvalue weighted by Gasteiger charge is 2.23. The van der Waals surface area contributed by atoms with E-state index < -0.39 is 0 Å². The minimum absolute atomic E-state index is 0.0600. The van der Waals surface area contributed by atoms with Gasteiger partial charge in [-0.05, 0) is 13.0 Å². The van der Waals surface area contributed by atoms with E-state index in [2.05, 4.69) is 11.9 Å². The monoisotopic (exact) mass is 164 g/mol. The number of pyridine rings is 1. The van der Waals surface area contributed by atoms with Crippen LogP contribution in [0.25, 0.3) is 0 Å². The molecule has 0 amide bonds. The lowest BCUT2D eigenvalue weighted by Crippen LogP contribution is -2.03. The zero-order chi connectivity index (χ0) is 8.39. The van der Waals surface area contributed by atoms with Gasteiger partial charge >= 0.3 is 0 Å². The molecule has 0 N–H and O–H groups in total. The van der Waals surface area contributed by atoms with Crippen LogP contribution in [0.3, 0.4) is 0 Å². The van der Waals surface area contributed by atoms with Crippen LogP contribution in [-0.4, -0.2) is 17.7 Å². The number of hydrogen-bond acceptors (Lipinski definition) is 3. The van der Waals surface area contributed by atoms with Crippen LogP contribution < -0.4 is 0 Å². The van der Waals surface area contributed by atoms with Crippen LogP contribution in [0.5, 0.6) is 0 Å². The van der Waals surface area contributed by atoms with E-state index in [4.69, 9.17) is 9.47 Å². The highest BCUT2D eigenvalue weighted by Crippen LogP contribution is 2.25. The van der Waals surface area contributed by atoms with Crippen molar-refractivity contribution >= 4 is 0 Å². The van der Waals surface area contributed by atoms with Gasteiger partial charge in [-0.2, -0.15) is 0 Å². The molecule has 1 aliphatic heterocycles. The first kappa shape index (κ1) is 7.71. The van der Waals surface area contributed by atoms with Crippen LogP contribution in [0.2, 0.25) is 0 Å². The van der Waals surface area contributed by atoms with Crippen molar-refractivity contribution in [2.75, 3.05) is 6.61 Å². The van der Waals surface area contributed by atoms with Crippen LogP contribution in [0.1, 0.15) is 11.9 Å². The van der Waals surface area contributed by atoms with Crippen LogP contribution in [0, 0.1) is 6.92 Å². The van der Waals surface area contributed by atoms with Gasteiger partial charge in [0.25, 0.3) is 0 Å². The molecule has 12 heavy (non-hydrogen) atoms. The highest BCUT2D eigenvalue weighted by molar-refractivity contribution is 5.10. The molecular weight excluding hydrogens is 154 g/mol. The Morgan fingerprint density at radius 2 is 2.50 bits per heavy atom. The summed E-state index contributed by atoms with van der Waals surface area (Å²) in [5.41, 5.74) is 0.948. The van der Waals surface area contributed by atoms with E-state index in [1.54, 1.807) is 12.4 Å². The average molecular weight is 164 g/mol. The van der Waals surface area contributed by atoms with Crippen molar-refractivity contribution in [1.82, 2.24) is 4.98 Å². The summed E-state index contributed by atoms with van der Waals surface area (Å²) in [6, 6.07) is 3.79. The largest absolute Gasteiger partial charge is 0.346 e. The van der Waals surface area contributed by atoms with Gasteiger partial charge in [0.15, 0.2) is 6.29 Å². The summed E-state index contributed by atoms with van der Waals surface area (Å²) < 4.78 is 10.7. The predicted molar refractivity (Wildman–Crippen MR) is 43.2 cm³/mol. The standard InChI is InChI=1S/C9H10NO2/c1-7-6-11-9(12-7)8-3-2-4-10-5-8/h2-5,7,9H,1,6H2. The maximum absolute atomic E-state index is 5.37. The molecule has 0 saturated carbocycles. The second-order valence-electron chi connectivity index (χ2n) is 2.71. The van der Waals surface area contributed by atoms with Crippen molar-refractivity contribution in [2.45, 2.75) is 12.4 Å². The molecule has 1 aliphatic rings. The van der Waals surface area contributed by atoms with Crippen molar-refractivity contribution < 1.29 is 9.47 Å². The predicted octanol–water partition coefficient (Wildman–Crippen LogP) is 1.33. The Bertz CT molecular complexity index is 250. The Labute approximate surface area is 71.3 Å². The first-order valence-electron chi connectivity index (χ1n) is 3.86. The van der Waals surface area contributed by atoms with Gasteiger partial charge < -0.3 is 9.47 Å². The maximum Gasteiger partial charge on any atom is 0.185 e. The van der Waals surface area contributed by atoms with Gasteiger partial charge in [-0.1, -0.05) is 6.07 Å². The molecule has 1 aromatic heterocycles. The molecule has 2 unspecified atom stereocenters. The topological polar surface area (TPSA) is 31.4 Å². The smallest absolute Gasteiger partial charge is 0.185 e. The molecule has 2 rings (SSSR count). The number of nitrogens with zero attached hydrogens (tertiary/aromatic N) is 1. The molecule has 0 bridgehead atoms. The Morgan fingerprint density at radius 3 is 3.08 bits per heavy atom. The Balaban J connectivity index is 2.11. The lowest BCUT2D eigenvalue weighted by atomic mass is 10.3. The lowest BCUT2D eigenvalue weighted by molar-refractivity contribution is -0.0539. The summed E-state index contributed by atoms with van der Waals surface area (Å²) in [4.78, 5) is 3.97. The first-order valence-corrected chi connectivity index (χ1v) is 3.86. The average Bonchev–Trinajstić information content (AvgIpc) is 2.54. The molecule has 0 aliphatic carbocycles. The van der Waals surface area contributed by atoms with E-state index in [1.807, 2.05) is 12.1 Å². The molecule has 2 atom stereocenters. The lowest BCUT2D eigenvalue weighted by Gasteiger charge is -2.08. The Morgan fingerprint density at radius 1 is 1.58 bits per heavy atom. The Hall–Kier alpha value is -0.930. The van der Waals surface area contributed by atoms with E-state index in [0.717, 1.165) is 5.56 Å². The van der Waals surface area contributed by atoms with E-state index in [-0.39, 0.29) is 12.4 Å². The maximum atomic E-state index is 5.37. The molecule has 63 valence electrons. The van der Waals surface area contributed by atoms with Gasteiger partial charge in [-0.25, -0.2) is 0 Å². The minimum Gasteiger partial charge on any atom is -0.346 e. The molecule has 1 saturated heterocycles. The van der Waals surface area contributed by atoms with Crippen LogP contribution in [0.15, 0.2) is 24.5 Å². The van der Waals surface area contributed by atoms with E-state index >= 15 is 0 Å². The molecular formula is C9H10NO2. The van der Waals surface area contributed by atoms with Crippen LogP contribution >= 0.6 is 0 Å². The fourth-order valence-electron chi connectivity index (χ4n) is 1.14. The molecule has 3 heteroatoms. The van der Waals surface area contributed by atoms with Crippen LogP contribution in [0.4, 0.5) is 0 Å². The van der Waals surface area contributed by atoms with Gasteiger partial charge in [-0.15, -0.1) is 0 Å². The molecule has 1 radical (unpaired) electrons. The summed E-state index contributed by atoms with van der Waals surface area (Å²) in [6.07, 6.45) is 3.12. The summed E-state index contributed by atoms with van der Waals surface area (Å²) in [5.74, 6) is 0. The fraction of sp³-hybridized carbons (Fsp3) is 0.333. The van der Waals surface area contributed by atoms with Gasteiger partial charge in [0, 0.05) is 18.0 Å². The molecule has 2 heterocycles. The van der Waals surface area contributed by atoms with Gasteiger partial charge in [0.05, 0.1) is 12.7 Å². The van der Waals surface area contributed by atoms with Crippen LogP contribution in [-0.2, 0) is 9.47 Å². The van der Waals surface area contributed by atoms with Crippen molar-refractivity contribution in [3.63, 3.8) is 0 Å². The van der Waals surface area contributed by atoms with E-state index in [9.17, 15) is 0 Å². The zero-order valence-electron chi connectivity index (χ0n) is 6.64. The van der Waals surface area contributed by atoms with Gasteiger partial charge in [0.1, 0.15) is 0 Å². The molecule has 0 aromatic carbocycles. The third-order valence-electron chi connectivity index (χ3n) is 1.71. The molecule has 1 fully saturated rings. The molecule has 1 aromatic rings. The Kier molecular flexibility index (Phi) is 2.06. The molecule has 3 nitrogen and oxygen atoms in total. The summed E-state index contributed by atoms with van der Waals surface area (Å²) in [6.45, 7) is 4.30. The second-order valence-corrected chi connectivity index (χ2v) is 2.71. The van der Waals surface area contributed by atoms with E-state index in [0.29, 0.717) is 6.61 Å². The summed E-state index contributed by atoms with van der Waals surface area (Å²) in [5, 5.41) is 0. The quantitative estimate of drug-likeness (QED) is 0.627. The number of ether oxygens (including phenoxy) is 2. The molecule has 0 spiro atoms. The van der Waals surface area contributed by atoms with Crippen molar-refractivity contribution in [1.29, 1.82) is 0 Å². The second kappa shape index (κ2) is 3.21. The van der Waals surface area contributed by atoms with Crippen molar-refractivity contribution in [2.24, 2.45) is 0 Å². The minimum atomic E-state index is -0.277. The van der Waals surface area contributed by atoms with Crippen molar-refractivity contribution in [3.05, 3.63) is 37.0 Å². The van der Waals surface area contributed by atoms with E-state index in [1.165, 1.54) is 0 Å².